The Bertz CT molecular complexity index is 274. The summed E-state index contributed by atoms with van der Waals surface area (Å²) in [6, 6.07) is 0. The minimum atomic E-state index is -3.43. The number of rotatable bonds is 6. The molecule has 0 aromatic carbocycles. The fraction of sp³-hybridized carbons (Fsp3) is 0.833. The Morgan fingerprint density at radius 3 is 2.57 bits per heavy atom. The van der Waals surface area contributed by atoms with Crippen LogP contribution in [-0.2, 0) is 19.6 Å². The molecule has 0 spiro atoms. The molecule has 0 aromatic heterocycles. The molecule has 14 heavy (non-hydrogen) atoms. The first kappa shape index (κ1) is 13.3. The molecular formula is C6H13NO6S. The van der Waals surface area contributed by atoms with Gasteiger partial charge in [0.25, 0.3) is 0 Å². The van der Waals surface area contributed by atoms with E-state index in [1.165, 1.54) is 0 Å². The molecule has 0 aliphatic heterocycles. The van der Waals surface area contributed by atoms with E-state index in [9.17, 15) is 13.2 Å². The number of aliphatic hydroxyl groups is 2. The summed E-state index contributed by atoms with van der Waals surface area (Å²) < 4.78 is 27.4. The van der Waals surface area contributed by atoms with E-state index in [0.29, 0.717) is 0 Å². The van der Waals surface area contributed by atoms with E-state index in [1.807, 2.05) is 4.72 Å². The van der Waals surface area contributed by atoms with Gasteiger partial charge in [-0.25, -0.2) is 13.1 Å². The van der Waals surface area contributed by atoms with Gasteiger partial charge in [0.15, 0.2) is 0 Å². The Morgan fingerprint density at radius 2 is 2.14 bits per heavy atom. The Labute approximate surface area is 81.7 Å². The molecule has 7 nitrogen and oxygen atoms in total. The smallest absolute Gasteiger partial charge is 0.321 e. The maximum absolute atomic E-state index is 10.8. The van der Waals surface area contributed by atoms with Crippen LogP contribution in [0.25, 0.3) is 0 Å². The molecule has 0 aromatic rings. The van der Waals surface area contributed by atoms with Crippen molar-refractivity contribution in [2.45, 2.75) is 6.10 Å². The first-order valence-corrected chi connectivity index (χ1v) is 5.63. The molecule has 0 fully saturated rings. The lowest BCUT2D eigenvalue weighted by Gasteiger charge is -2.08. The van der Waals surface area contributed by atoms with Crippen LogP contribution in [0.1, 0.15) is 0 Å². The minimum absolute atomic E-state index is 0.360. The Kier molecular flexibility index (Phi) is 5.62. The zero-order valence-corrected chi connectivity index (χ0v) is 8.45. The van der Waals surface area contributed by atoms with Gasteiger partial charge in [-0.05, 0) is 0 Å². The summed E-state index contributed by atoms with van der Waals surface area (Å²) in [5.41, 5.74) is 0. The first-order valence-electron chi connectivity index (χ1n) is 3.74. The quantitative estimate of drug-likeness (QED) is 0.430. The van der Waals surface area contributed by atoms with Crippen LogP contribution in [0.2, 0.25) is 0 Å². The number of hydrogen-bond donors (Lipinski definition) is 3. The van der Waals surface area contributed by atoms with Crippen molar-refractivity contribution in [1.29, 1.82) is 0 Å². The number of hydrogen-bond acceptors (Lipinski definition) is 6. The van der Waals surface area contributed by atoms with Crippen molar-refractivity contribution >= 4 is 16.0 Å². The molecule has 0 heterocycles. The van der Waals surface area contributed by atoms with Gasteiger partial charge in [-0.2, -0.15) is 0 Å². The van der Waals surface area contributed by atoms with Crippen molar-refractivity contribution in [3.8, 4) is 0 Å². The van der Waals surface area contributed by atoms with Crippen LogP contribution in [0.3, 0.4) is 0 Å². The van der Waals surface area contributed by atoms with Gasteiger partial charge < -0.3 is 14.9 Å². The summed E-state index contributed by atoms with van der Waals surface area (Å²) in [6.07, 6.45) is -0.236. The van der Waals surface area contributed by atoms with Crippen LogP contribution >= 0.6 is 0 Å². The van der Waals surface area contributed by atoms with E-state index >= 15 is 0 Å². The molecule has 0 bridgehead atoms. The second-order valence-corrected chi connectivity index (χ2v) is 4.45. The summed E-state index contributed by atoms with van der Waals surface area (Å²) in [6.45, 7) is -1.37. The fourth-order valence-electron chi connectivity index (χ4n) is 0.483. The molecule has 0 saturated carbocycles. The summed E-state index contributed by atoms with van der Waals surface area (Å²) >= 11 is 0. The zero-order valence-electron chi connectivity index (χ0n) is 7.63. The van der Waals surface area contributed by atoms with E-state index in [0.717, 1.165) is 6.26 Å². The molecule has 8 heteroatoms. The van der Waals surface area contributed by atoms with Crippen LogP contribution in [0.4, 0.5) is 0 Å². The minimum Gasteiger partial charge on any atom is -0.462 e. The van der Waals surface area contributed by atoms with Crippen LogP contribution in [0.5, 0.6) is 0 Å². The lowest BCUT2D eigenvalue weighted by molar-refractivity contribution is -0.145. The summed E-state index contributed by atoms with van der Waals surface area (Å²) in [7, 11) is -3.43. The summed E-state index contributed by atoms with van der Waals surface area (Å²) in [4.78, 5) is 10.8. The molecule has 0 aliphatic rings. The molecule has 84 valence electrons. The number of nitrogens with one attached hydrogen (secondary N) is 1. The average molecular weight is 227 g/mol. The van der Waals surface area contributed by atoms with E-state index in [4.69, 9.17) is 10.2 Å². The number of ether oxygens (including phenoxy) is 1. The normalized spacial score (nSPS) is 13.6. The van der Waals surface area contributed by atoms with Crippen molar-refractivity contribution in [1.82, 2.24) is 4.72 Å². The van der Waals surface area contributed by atoms with E-state index < -0.39 is 35.2 Å². The third kappa shape index (κ3) is 7.92. The topological polar surface area (TPSA) is 113 Å². The number of esters is 1. The standard InChI is InChI=1S/C6H13NO6S/c1-14(11,12)7-2-6(10)13-4-5(9)3-8/h5,7-9H,2-4H2,1H3. The van der Waals surface area contributed by atoms with Crippen LogP contribution in [-0.4, -0.2) is 56.7 Å². The lowest BCUT2D eigenvalue weighted by Crippen LogP contribution is -2.31. The Morgan fingerprint density at radius 1 is 1.57 bits per heavy atom. The predicted octanol–water partition coefficient (Wildman–Crippen LogP) is -2.57. The van der Waals surface area contributed by atoms with Gasteiger partial charge in [-0.3, -0.25) is 4.79 Å². The second-order valence-electron chi connectivity index (χ2n) is 2.61. The van der Waals surface area contributed by atoms with Gasteiger partial charge in [0.2, 0.25) is 10.0 Å². The van der Waals surface area contributed by atoms with Crippen molar-refractivity contribution in [3.63, 3.8) is 0 Å². The predicted molar refractivity (Wildman–Crippen MR) is 46.9 cm³/mol. The van der Waals surface area contributed by atoms with Gasteiger partial charge in [0.1, 0.15) is 19.3 Å². The second kappa shape index (κ2) is 5.91. The monoisotopic (exact) mass is 227 g/mol. The highest BCUT2D eigenvalue weighted by Crippen LogP contribution is 1.85. The molecule has 0 radical (unpaired) electrons. The van der Waals surface area contributed by atoms with E-state index in [1.54, 1.807) is 0 Å². The van der Waals surface area contributed by atoms with Gasteiger partial charge >= 0.3 is 5.97 Å². The molecule has 1 unspecified atom stereocenters. The fourth-order valence-corrected chi connectivity index (χ4v) is 0.863. The zero-order chi connectivity index (χ0) is 11.2. The highest BCUT2D eigenvalue weighted by atomic mass is 32.2. The molecule has 1 atom stereocenters. The summed E-state index contributed by atoms with van der Waals surface area (Å²) in [5, 5.41) is 17.1. The number of carbonyl (C=O) groups excluding carboxylic acids is 1. The maximum Gasteiger partial charge on any atom is 0.321 e. The van der Waals surface area contributed by atoms with Gasteiger partial charge in [-0.15, -0.1) is 0 Å². The van der Waals surface area contributed by atoms with Gasteiger partial charge in [0, 0.05) is 0 Å². The first-order chi connectivity index (χ1) is 6.35. The third-order valence-corrected chi connectivity index (χ3v) is 1.79. The van der Waals surface area contributed by atoms with Crippen molar-refractivity contribution in [3.05, 3.63) is 0 Å². The van der Waals surface area contributed by atoms with E-state index in [2.05, 4.69) is 4.74 Å². The van der Waals surface area contributed by atoms with Crippen LogP contribution in [0, 0.1) is 0 Å². The third-order valence-electron chi connectivity index (χ3n) is 1.13. The Balaban J connectivity index is 3.67. The maximum atomic E-state index is 10.8. The molecular weight excluding hydrogens is 214 g/mol. The highest BCUT2D eigenvalue weighted by Gasteiger charge is 2.09. The summed E-state index contributed by atoms with van der Waals surface area (Å²) in [5.74, 6) is -0.817. The number of carbonyl (C=O) groups is 1. The lowest BCUT2D eigenvalue weighted by atomic mass is 10.4. The van der Waals surface area contributed by atoms with Crippen molar-refractivity contribution in [2.75, 3.05) is 26.0 Å². The van der Waals surface area contributed by atoms with Crippen LogP contribution in [0.15, 0.2) is 0 Å². The molecule has 0 aliphatic carbocycles. The molecule has 0 saturated heterocycles. The molecule has 0 amide bonds. The Hall–Kier alpha value is -0.700. The molecule has 3 N–H and O–H groups in total. The van der Waals surface area contributed by atoms with Crippen molar-refractivity contribution in [2.24, 2.45) is 0 Å². The number of aliphatic hydroxyl groups excluding tert-OH is 2. The van der Waals surface area contributed by atoms with Crippen molar-refractivity contribution < 1.29 is 28.2 Å². The van der Waals surface area contributed by atoms with Crippen LogP contribution < -0.4 is 4.72 Å². The van der Waals surface area contributed by atoms with Gasteiger partial charge in [0.05, 0.1) is 12.9 Å². The number of sulfonamides is 1. The van der Waals surface area contributed by atoms with Gasteiger partial charge in [-0.1, -0.05) is 0 Å². The highest BCUT2D eigenvalue weighted by molar-refractivity contribution is 7.88. The SMILES string of the molecule is CS(=O)(=O)NCC(=O)OCC(O)CO. The largest absolute Gasteiger partial charge is 0.462 e. The average Bonchev–Trinajstić information content (AvgIpc) is 2.09. The van der Waals surface area contributed by atoms with E-state index in [-0.39, 0.29) is 6.61 Å². The molecule has 0 rings (SSSR count).